The second kappa shape index (κ2) is 7.77. The van der Waals surface area contributed by atoms with E-state index in [-0.39, 0.29) is 5.91 Å². The Hall–Kier alpha value is -2.22. The molecule has 0 saturated carbocycles. The summed E-state index contributed by atoms with van der Waals surface area (Å²) in [4.78, 5) is 14.3. The molecule has 1 aromatic heterocycles. The molecule has 1 aromatic carbocycles. The van der Waals surface area contributed by atoms with Gasteiger partial charge in [-0.25, -0.2) is 4.68 Å². The Morgan fingerprint density at radius 1 is 1.36 bits per heavy atom. The van der Waals surface area contributed by atoms with E-state index in [2.05, 4.69) is 17.1 Å². The summed E-state index contributed by atoms with van der Waals surface area (Å²) in [6, 6.07) is 7.44. The number of ether oxygens (including phenoxy) is 1. The highest BCUT2D eigenvalue weighted by atomic mass is 32.2. The Morgan fingerprint density at radius 3 is 2.80 bits per heavy atom. The number of nitrogens with zero attached hydrogens (tertiary/aromatic N) is 4. The van der Waals surface area contributed by atoms with Gasteiger partial charge in [0.25, 0.3) is 0 Å². The predicted octanol–water partition coefficient (Wildman–Crippen LogP) is 2.02. The number of amides is 1. The van der Waals surface area contributed by atoms with E-state index in [1.807, 2.05) is 29.2 Å². The first-order valence-corrected chi connectivity index (χ1v) is 9.32. The number of carbonyl (C=O) groups excluding carboxylic acids is 1. The predicted molar refractivity (Wildman–Crippen MR) is 97.9 cm³/mol. The van der Waals surface area contributed by atoms with Gasteiger partial charge in [0.15, 0.2) is 5.82 Å². The number of piperidine rings is 1. The average Bonchev–Trinajstić information content (AvgIpc) is 3.00. The molecule has 1 fully saturated rings. The molecule has 2 heterocycles. The molecule has 0 unspecified atom stereocenters. The molecule has 3 rings (SSSR count). The molecular weight excluding hydrogens is 338 g/mol. The van der Waals surface area contributed by atoms with E-state index in [1.165, 1.54) is 22.9 Å². The van der Waals surface area contributed by atoms with Crippen LogP contribution in [0.3, 0.4) is 0 Å². The van der Waals surface area contributed by atoms with Gasteiger partial charge in [-0.1, -0.05) is 18.7 Å². The highest BCUT2D eigenvalue weighted by molar-refractivity contribution is 7.99. The zero-order valence-corrected chi connectivity index (χ0v) is 15.3. The second-order valence-corrected chi connectivity index (χ2v) is 7.22. The zero-order chi connectivity index (χ0) is 17.8. The molecule has 2 aromatic rings. The summed E-state index contributed by atoms with van der Waals surface area (Å²) in [6.45, 7) is 3.87. The van der Waals surface area contributed by atoms with Gasteiger partial charge in [-0.05, 0) is 43.0 Å². The summed E-state index contributed by atoms with van der Waals surface area (Å²) in [5, 5.41) is 8.79. The van der Waals surface area contributed by atoms with Crippen molar-refractivity contribution in [2.45, 2.75) is 24.9 Å². The van der Waals surface area contributed by atoms with Crippen molar-refractivity contribution in [2.24, 2.45) is 5.92 Å². The summed E-state index contributed by atoms with van der Waals surface area (Å²) >= 11 is 1.32. The van der Waals surface area contributed by atoms with Crippen molar-refractivity contribution < 1.29 is 9.53 Å². The van der Waals surface area contributed by atoms with Crippen molar-refractivity contribution in [3.8, 4) is 17.1 Å². The average molecular weight is 361 g/mol. The molecule has 1 aliphatic rings. The highest BCUT2D eigenvalue weighted by Crippen LogP contribution is 2.24. The molecule has 0 bridgehead atoms. The fourth-order valence-electron chi connectivity index (χ4n) is 2.95. The molecule has 1 saturated heterocycles. The van der Waals surface area contributed by atoms with Crippen molar-refractivity contribution in [3.63, 3.8) is 0 Å². The minimum absolute atomic E-state index is 0.130. The number of hydrogen-bond acceptors (Lipinski definition) is 6. The van der Waals surface area contributed by atoms with E-state index in [1.54, 1.807) is 7.11 Å². The Morgan fingerprint density at radius 2 is 2.12 bits per heavy atom. The molecule has 1 amide bonds. The van der Waals surface area contributed by atoms with Crippen LogP contribution in [0, 0.1) is 5.92 Å². The van der Waals surface area contributed by atoms with Crippen molar-refractivity contribution in [2.75, 3.05) is 31.8 Å². The first-order valence-electron chi connectivity index (χ1n) is 8.34. The molecule has 1 atom stereocenters. The molecule has 25 heavy (non-hydrogen) atoms. The first kappa shape index (κ1) is 17.6. The number of carbonyl (C=O) groups is 1. The second-order valence-electron chi connectivity index (χ2n) is 6.28. The van der Waals surface area contributed by atoms with E-state index in [0.29, 0.717) is 22.7 Å². The van der Waals surface area contributed by atoms with Crippen LogP contribution < -0.4 is 10.6 Å². The van der Waals surface area contributed by atoms with Crippen LogP contribution in [-0.4, -0.2) is 51.6 Å². The molecule has 0 aliphatic carbocycles. The third-order valence-electron chi connectivity index (χ3n) is 4.35. The van der Waals surface area contributed by atoms with Gasteiger partial charge in [-0.3, -0.25) is 4.79 Å². The maximum Gasteiger partial charge on any atom is 0.233 e. The molecule has 8 heteroatoms. The lowest BCUT2D eigenvalue weighted by atomic mass is 10.0. The smallest absolute Gasteiger partial charge is 0.233 e. The third kappa shape index (κ3) is 4.07. The van der Waals surface area contributed by atoms with Gasteiger partial charge < -0.3 is 15.5 Å². The molecule has 7 nitrogen and oxygen atoms in total. The van der Waals surface area contributed by atoms with Crippen molar-refractivity contribution in [1.82, 2.24) is 19.8 Å². The topological polar surface area (TPSA) is 86.3 Å². The van der Waals surface area contributed by atoms with E-state index in [4.69, 9.17) is 10.6 Å². The largest absolute Gasteiger partial charge is 0.497 e. The SMILES string of the molecule is COc1ccc(-c2nnc(SCC(=O)N3CCC[C@H](C)C3)n2N)cc1. The lowest BCUT2D eigenvalue weighted by Gasteiger charge is -2.30. The number of hydrogen-bond donors (Lipinski definition) is 1. The Kier molecular flexibility index (Phi) is 5.47. The third-order valence-corrected chi connectivity index (χ3v) is 5.28. The zero-order valence-electron chi connectivity index (χ0n) is 14.5. The van der Waals surface area contributed by atoms with E-state index in [0.717, 1.165) is 30.8 Å². The number of nitrogen functional groups attached to an aromatic ring is 1. The Balaban J connectivity index is 1.63. The summed E-state index contributed by atoms with van der Waals surface area (Å²) in [5.74, 6) is 8.46. The lowest BCUT2D eigenvalue weighted by Crippen LogP contribution is -2.40. The van der Waals surface area contributed by atoms with E-state index >= 15 is 0 Å². The van der Waals surface area contributed by atoms with Crippen LogP contribution in [-0.2, 0) is 4.79 Å². The van der Waals surface area contributed by atoms with E-state index < -0.39 is 0 Å². The minimum atomic E-state index is 0.130. The van der Waals surface area contributed by atoms with Gasteiger partial charge in [-0.2, -0.15) is 0 Å². The maximum absolute atomic E-state index is 12.4. The fourth-order valence-corrected chi connectivity index (χ4v) is 3.71. The molecule has 0 spiro atoms. The van der Waals surface area contributed by atoms with E-state index in [9.17, 15) is 4.79 Å². The number of methoxy groups -OCH3 is 1. The van der Waals surface area contributed by atoms with Crippen LogP contribution in [0.15, 0.2) is 29.4 Å². The number of rotatable bonds is 5. The highest BCUT2D eigenvalue weighted by Gasteiger charge is 2.22. The monoisotopic (exact) mass is 361 g/mol. The lowest BCUT2D eigenvalue weighted by molar-refractivity contribution is -0.130. The summed E-state index contributed by atoms with van der Waals surface area (Å²) < 4.78 is 6.58. The van der Waals surface area contributed by atoms with Crippen molar-refractivity contribution >= 4 is 17.7 Å². The Bertz CT molecular complexity index is 731. The van der Waals surface area contributed by atoms with Crippen LogP contribution in [0.25, 0.3) is 11.4 Å². The van der Waals surface area contributed by atoms with Gasteiger partial charge in [0.2, 0.25) is 11.1 Å². The standard InChI is InChI=1S/C17H23N5O2S/c1-12-4-3-9-21(10-12)15(23)11-25-17-20-19-16(22(17)18)13-5-7-14(24-2)8-6-13/h5-8,12H,3-4,9-11,18H2,1-2H3/t12-/m0/s1. The summed E-state index contributed by atoms with van der Waals surface area (Å²) in [7, 11) is 1.62. The normalized spacial score (nSPS) is 17.5. The molecule has 134 valence electrons. The molecular formula is C17H23N5O2S. The quantitative estimate of drug-likeness (QED) is 0.648. The molecule has 0 radical (unpaired) electrons. The van der Waals surface area contributed by atoms with Crippen LogP contribution in [0.5, 0.6) is 5.75 Å². The number of likely N-dealkylation sites (tertiary alicyclic amines) is 1. The summed E-state index contributed by atoms with van der Waals surface area (Å²) in [6.07, 6.45) is 2.27. The van der Waals surface area contributed by atoms with Crippen molar-refractivity contribution in [3.05, 3.63) is 24.3 Å². The minimum Gasteiger partial charge on any atom is -0.497 e. The Labute approximate surface area is 151 Å². The van der Waals surface area contributed by atoms with Gasteiger partial charge in [0.05, 0.1) is 12.9 Å². The van der Waals surface area contributed by atoms with Gasteiger partial charge in [0.1, 0.15) is 5.75 Å². The number of aromatic nitrogens is 3. The van der Waals surface area contributed by atoms with Crippen molar-refractivity contribution in [1.29, 1.82) is 0 Å². The number of benzene rings is 1. The number of nitrogens with two attached hydrogens (primary N) is 1. The van der Waals surface area contributed by atoms with Crippen LogP contribution in [0.2, 0.25) is 0 Å². The first-order chi connectivity index (χ1) is 12.1. The van der Waals surface area contributed by atoms with Crippen LogP contribution in [0.4, 0.5) is 0 Å². The van der Waals surface area contributed by atoms with Gasteiger partial charge in [-0.15, -0.1) is 10.2 Å². The maximum atomic E-state index is 12.4. The molecule has 2 N–H and O–H groups in total. The van der Waals surface area contributed by atoms with Gasteiger partial charge >= 0.3 is 0 Å². The van der Waals surface area contributed by atoms with Crippen LogP contribution >= 0.6 is 11.8 Å². The van der Waals surface area contributed by atoms with Gasteiger partial charge in [0, 0.05) is 18.7 Å². The fraction of sp³-hybridized carbons (Fsp3) is 0.471. The molecule has 1 aliphatic heterocycles. The van der Waals surface area contributed by atoms with Crippen LogP contribution in [0.1, 0.15) is 19.8 Å². The summed E-state index contributed by atoms with van der Waals surface area (Å²) in [5.41, 5.74) is 0.846. The number of thioether (sulfide) groups is 1.